The lowest BCUT2D eigenvalue weighted by molar-refractivity contribution is 0.0217. The van der Waals surface area contributed by atoms with E-state index in [-0.39, 0.29) is 24.8 Å². The quantitative estimate of drug-likeness (QED) is 0.737. The fourth-order valence-corrected chi connectivity index (χ4v) is 4.46. The third-order valence-electron chi connectivity index (χ3n) is 5.25. The number of benzene rings is 1. The minimum Gasteiger partial charge on any atom is -0.381 e. The van der Waals surface area contributed by atoms with Crippen LogP contribution in [0.2, 0.25) is 0 Å². The largest absolute Gasteiger partial charge is 0.381 e. The smallest absolute Gasteiger partial charge is 0.0469 e. The van der Waals surface area contributed by atoms with E-state index >= 15 is 0 Å². The summed E-state index contributed by atoms with van der Waals surface area (Å²) in [6.45, 7) is 6.24. The van der Waals surface area contributed by atoms with E-state index in [4.69, 9.17) is 4.74 Å². The van der Waals surface area contributed by atoms with Gasteiger partial charge < -0.3 is 15.0 Å². The summed E-state index contributed by atoms with van der Waals surface area (Å²) in [5.41, 5.74) is 2.69. The molecule has 1 aromatic carbocycles. The predicted molar refractivity (Wildman–Crippen MR) is 111 cm³/mol. The molecule has 2 aliphatic heterocycles. The number of H-pyrrole nitrogens is 1. The van der Waals surface area contributed by atoms with Crippen LogP contribution in [0.1, 0.15) is 24.4 Å². The van der Waals surface area contributed by atoms with Gasteiger partial charge in [0.05, 0.1) is 0 Å². The first-order valence-corrected chi connectivity index (χ1v) is 9.41. The highest BCUT2D eigenvalue weighted by atomic mass is 79.9. The lowest BCUT2D eigenvalue weighted by Crippen LogP contribution is -2.47. The van der Waals surface area contributed by atoms with Crippen molar-refractivity contribution in [2.45, 2.75) is 18.9 Å². The number of halogens is 3. The standard InChI is InChI=1S/C18H24BrN3O.2ClH/c19-14-1-2-17-15(11-14)16(12-21-17)18(13-3-9-23-10-4-13)22-7-5-20-6-8-22;;/h1-2,11-13,18,20-21H,3-10H2;2*1H/t18-;;/m0../s1. The van der Waals surface area contributed by atoms with Crippen molar-refractivity contribution < 1.29 is 4.74 Å². The van der Waals surface area contributed by atoms with E-state index in [0.717, 1.165) is 56.7 Å². The summed E-state index contributed by atoms with van der Waals surface area (Å²) in [6.07, 6.45) is 4.56. The third-order valence-corrected chi connectivity index (χ3v) is 5.75. The van der Waals surface area contributed by atoms with E-state index in [1.54, 1.807) is 0 Å². The maximum Gasteiger partial charge on any atom is 0.0469 e. The fourth-order valence-electron chi connectivity index (χ4n) is 4.10. The Kier molecular flexibility index (Phi) is 8.05. The summed E-state index contributed by atoms with van der Waals surface area (Å²) in [7, 11) is 0. The number of fused-ring (bicyclic) bond motifs is 1. The topological polar surface area (TPSA) is 40.3 Å². The van der Waals surface area contributed by atoms with E-state index in [1.165, 1.54) is 16.5 Å². The zero-order chi connectivity index (χ0) is 15.6. The molecule has 0 aliphatic carbocycles. The first-order chi connectivity index (χ1) is 11.3. The molecule has 25 heavy (non-hydrogen) atoms. The van der Waals surface area contributed by atoms with Gasteiger partial charge in [0.25, 0.3) is 0 Å². The van der Waals surface area contributed by atoms with E-state index < -0.39 is 0 Å². The van der Waals surface area contributed by atoms with Gasteiger partial charge in [0.15, 0.2) is 0 Å². The van der Waals surface area contributed by atoms with E-state index in [0.29, 0.717) is 12.0 Å². The van der Waals surface area contributed by atoms with Gasteiger partial charge in [0.1, 0.15) is 0 Å². The highest BCUT2D eigenvalue weighted by molar-refractivity contribution is 9.10. The summed E-state index contributed by atoms with van der Waals surface area (Å²) in [5, 5.41) is 4.84. The normalized spacial score (nSPS) is 20.7. The van der Waals surface area contributed by atoms with Crippen LogP contribution >= 0.6 is 40.7 Å². The van der Waals surface area contributed by atoms with Crippen LogP contribution in [0.4, 0.5) is 0 Å². The van der Waals surface area contributed by atoms with Crippen molar-refractivity contribution in [3.8, 4) is 0 Å². The summed E-state index contributed by atoms with van der Waals surface area (Å²) in [4.78, 5) is 6.16. The van der Waals surface area contributed by atoms with Gasteiger partial charge in [0, 0.05) is 67.0 Å². The molecular formula is C18H26BrCl2N3O. The Bertz CT molecular complexity index is 651. The van der Waals surface area contributed by atoms with Crippen LogP contribution in [0.15, 0.2) is 28.9 Å². The SMILES string of the molecule is Brc1ccc2[nH]cc([C@H](C3CCOCC3)N3CCNCC3)c2c1.Cl.Cl. The molecule has 140 valence electrons. The Labute approximate surface area is 170 Å². The lowest BCUT2D eigenvalue weighted by atomic mass is 9.85. The van der Waals surface area contributed by atoms with Crippen molar-refractivity contribution in [3.05, 3.63) is 34.4 Å². The van der Waals surface area contributed by atoms with Crippen LogP contribution < -0.4 is 5.32 Å². The Balaban J connectivity index is 0.00000113. The average molecular weight is 451 g/mol. The minimum absolute atomic E-state index is 0. The molecule has 3 heterocycles. The Morgan fingerprint density at radius 1 is 1.12 bits per heavy atom. The summed E-state index contributed by atoms with van der Waals surface area (Å²) in [6, 6.07) is 7.03. The molecule has 2 saturated heterocycles. The Morgan fingerprint density at radius 2 is 1.84 bits per heavy atom. The molecule has 2 N–H and O–H groups in total. The van der Waals surface area contributed by atoms with Gasteiger partial charge in [-0.2, -0.15) is 0 Å². The maximum atomic E-state index is 5.61. The molecule has 0 spiro atoms. The zero-order valence-corrected chi connectivity index (χ0v) is 17.4. The zero-order valence-electron chi connectivity index (χ0n) is 14.2. The highest BCUT2D eigenvalue weighted by Crippen LogP contribution is 2.39. The molecule has 7 heteroatoms. The molecule has 2 fully saturated rings. The predicted octanol–water partition coefficient (Wildman–Crippen LogP) is 4.15. The molecule has 0 saturated carbocycles. The number of hydrogen-bond donors (Lipinski definition) is 2. The first kappa shape index (κ1) is 21.0. The van der Waals surface area contributed by atoms with Gasteiger partial charge in [-0.3, -0.25) is 4.90 Å². The van der Waals surface area contributed by atoms with Gasteiger partial charge in [-0.05, 0) is 42.5 Å². The number of piperazine rings is 1. The summed E-state index contributed by atoms with van der Waals surface area (Å²) in [5.74, 6) is 0.680. The lowest BCUT2D eigenvalue weighted by Gasteiger charge is -2.40. The van der Waals surface area contributed by atoms with Crippen LogP contribution in [-0.4, -0.2) is 49.3 Å². The maximum absolute atomic E-state index is 5.61. The number of aromatic nitrogens is 1. The molecule has 4 nitrogen and oxygen atoms in total. The summed E-state index contributed by atoms with van der Waals surface area (Å²) < 4.78 is 6.76. The van der Waals surface area contributed by atoms with E-state index in [1.807, 2.05) is 0 Å². The Hall–Kier alpha value is -0.300. The van der Waals surface area contributed by atoms with Gasteiger partial charge >= 0.3 is 0 Å². The minimum atomic E-state index is 0. The van der Waals surface area contributed by atoms with E-state index in [2.05, 4.69) is 55.5 Å². The number of nitrogens with zero attached hydrogens (tertiary/aromatic N) is 1. The van der Waals surface area contributed by atoms with Gasteiger partial charge in [-0.1, -0.05) is 15.9 Å². The molecule has 0 amide bonds. The molecule has 4 rings (SSSR count). The second kappa shape index (κ2) is 9.58. The molecule has 0 bridgehead atoms. The molecule has 1 atom stereocenters. The van der Waals surface area contributed by atoms with Crippen LogP contribution in [0.3, 0.4) is 0 Å². The van der Waals surface area contributed by atoms with Crippen LogP contribution in [-0.2, 0) is 4.74 Å². The third kappa shape index (κ3) is 4.52. The molecule has 2 aliphatic rings. The number of ether oxygens (including phenoxy) is 1. The van der Waals surface area contributed by atoms with Gasteiger partial charge in [-0.15, -0.1) is 24.8 Å². The molecule has 0 unspecified atom stereocenters. The molecular weight excluding hydrogens is 425 g/mol. The van der Waals surface area contributed by atoms with Crippen LogP contribution in [0, 0.1) is 5.92 Å². The second-order valence-corrected chi connectivity index (χ2v) is 7.53. The second-order valence-electron chi connectivity index (χ2n) is 6.61. The number of hydrogen-bond acceptors (Lipinski definition) is 3. The van der Waals surface area contributed by atoms with Crippen molar-refractivity contribution in [2.24, 2.45) is 5.92 Å². The number of rotatable bonds is 3. The number of nitrogens with one attached hydrogen (secondary N) is 2. The molecule has 0 radical (unpaired) electrons. The Morgan fingerprint density at radius 3 is 2.56 bits per heavy atom. The van der Waals surface area contributed by atoms with Crippen LogP contribution in [0.5, 0.6) is 0 Å². The van der Waals surface area contributed by atoms with Crippen molar-refractivity contribution in [1.29, 1.82) is 0 Å². The van der Waals surface area contributed by atoms with E-state index in [9.17, 15) is 0 Å². The van der Waals surface area contributed by atoms with Crippen molar-refractivity contribution in [2.75, 3.05) is 39.4 Å². The van der Waals surface area contributed by atoms with Crippen molar-refractivity contribution >= 4 is 51.6 Å². The molecule has 1 aromatic heterocycles. The van der Waals surface area contributed by atoms with Crippen LogP contribution in [0.25, 0.3) is 10.9 Å². The van der Waals surface area contributed by atoms with Gasteiger partial charge in [0.2, 0.25) is 0 Å². The van der Waals surface area contributed by atoms with Crippen molar-refractivity contribution in [3.63, 3.8) is 0 Å². The number of aromatic amines is 1. The molecule has 2 aromatic rings. The first-order valence-electron chi connectivity index (χ1n) is 8.62. The van der Waals surface area contributed by atoms with Crippen molar-refractivity contribution in [1.82, 2.24) is 15.2 Å². The van der Waals surface area contributed by atoms with Gasteiger partial charge in [-0.25, -0.2) is 0 Å². The fraction of sp³-hybridized carbons (Fsp3) is 0.556. The monoisotopic (exact) mass is 449 g/mol. The highest BCUT2D eigenvalue weighted by Gasteiger charge is 2.32. The average Bonchev–Trinajstić information content (AvgIpc) is 3.00. The summed E-state index contributed by atoms with van der Waals surface area (Å²) >= 11 is 3.63.